The quantitative estimate of drug-likeness (QED) is 0.775. The number of carbonyl (C=O) groups excluding carboxylic acids is 2. The molecule has 0 atom stereocenters. The third kappa shape index (κ3) is 2.14. The first-order valence-corrected chi connectivity index (χ1v) is 5.45. The standard InChI is InChI=1S/C12H15N3O2/c1-14-8-11(16)15(12(14)17)7-10-5-3-2-4-9(10)6-13/h2-5H,6-8,13H2,1H3. The smallest absolute Gasteiger partial charge is 0.326 e. The first-order valence-electron chi connectivity index (χ1n) is 5.45. The molecule has 1 saturated heterocycles. The minimum Gasteiger partial charge on any atom is -0.326 e. The minimum atomic E-state index is -0.248. The normalized spacial score (nSPS) is 15.9. The van der Waals surface area contributed by atoms with Crippen molar-refractivity contribution in [3.63, 3.8) is 0 Å². The van der Waals surface area contributed by atoms with Crippen LogP contribution in [0.25, 0.3) is 0 Å². The molecule has 1 heterocycles. The maximum atomic E-state index is 11.7. The molecule has 5 heteroatoms. The van der Waals surface area contributed by atoms with E-state index in [0.29, 0.717) is 13.1 Å². The Morgan fingerprint density at radius 3 is 2.41 bits per heavy atom. The van der Waals surface area contributed by atoms with Gasteiger partial charge >= 0.3 is 6.03 Å². The van der Waals surface area contributed by atoms with E-state index in [1.54, 1.807) is 7.05 Å². The zero-order valence-corrected chi connectivity index (χ0v) is 9.72. The molecule has 2 N–H and O–H groups in total. The van der Waals surface area contributed by atoms with Gasteiger partial charge < -0.3 is 10.6 Å². The van der Waals surface area contributed by atoms with Gasteiger partial charge in [-0.3, -0.25) is 9.69 Å². The lowest BCUT2D eigenvalue weighted by molar-refractivity contribution is -0.125. The molecule has 90 valence electrons. The second-order valence-corrected chi connectivity index (χ2v) is 4.09. The lowest BCUT2D eigenvalue weighted by Crippen LogP contribution is -2.31. The summed E-state index contributed by atoms with van der Waals surface area (Å²) >= 11 is 0. The summed E-state index contributed by atoms with van der Waals surface area (Å²) < 4.78 is 0. The highest BCUT2D eigenvalue weighted by molar-refractivity contribution is 6.01. The molecule has 0 saturated carbocycles. The van der Waals surface area contributed by atoms with Gasteiger partial charge in [-0.1, -0.05) is 24.3 Å². The second-order valence-electron chi connectivity index (χ2n) is 4.09. The molecule has 0 aliphatic carbocycles. The molecule has 3 amide bonds. The zero-order valence-electron chi connectivity index (χ0n) is 9.72. The van der Waals surface area contributed by atoms with Crippen molar-refractivity contribution < 1.29 is 9.59 Å². The van der Waals surface area contributed by atoms with Crippen molar-refractivity contribution >= 4 is 11.9 Å². The first-order chi connectivity index (χ1) is 8.13. The maximum Gasteiger partial charge on any atom is 0.327 e. The average molecular weight is 233 g/mol. The predicted molar refractivity (Wildman–Crippen MR) is 62.9 cm³/mol. The zero-order chi connectivity index (χ0) is 12.4. The molecule has 17 heavy (non-hydrogen) atoms. The number of hydrogen-bond donors (Lipinski definition) is 1. The van der Waals surface area contributed by atoms with Crippen LogP contribution >= 0.6 is 0 Å². The monoisotopic (exact) mass is 233 g/mol. The van der Waals surface area contributed by atoms with E-state index >= 15 is 0 Å². The summed E-state index contributed by atoms with van der Waals surface area (Å²) in [5.41, 5.74) is 7.51. The summed E-state index contributed by atoms with van der Waals surface area (Å²) in [5, 5.41) is 0. The van der Waals surface area contributed by atoms with E-state index in [4.69, 9.17) is 5.73 Å². The van der Waals surface area contributed by atoms with Gasteiger partial charge in [0.05, 0.1) is 6.54 Å². The maximum absolute atomic E-state index is 11.7. The van der Waals surface area contributed by atoms with Crippen LogP contribution in [0.1, 0.15) is 11.1 Å². The van der Waals surface area contributed by atoms with Gasteiger partial charge in [0.15, 0.2) is 0 Å². The number of urea groups is 1. The van der Waals surface area contributed by atoms with Crippen molar-refractivity contribution in [1.82, 2.24) is 9.80 Å². The Balaban J connectivity index is 2.21. The van der Waals surface area contributed by atoms with E-state index in [0.717, 1.165) is 11.1 Å². The number of nitrogens with two attached hydrogens (primary N) is 1. The van der Waals surface area contributed by atoms with Gasteiger partial charge in [-0.25, -0.2) is 4.79 Å². The molecule has 1 fully saturated rings. The molecular formula is C12H15N3O2. The van der Waals surface area contributed by atoms with Gasteiger partial charge in [0.2, 0.25) is 0 Å². The van der Waals surface area contributed by atoms with Gasteiger partial charge in [0.25, 0.3) is 5.91 Å². The number of amides is 3. The Bertz CT molecular complexity index is 459. The van der Waals surface area contributed by atoms with Gasteiger partial charge in [0.1, 0.15) is 6.54 Å². The van der Waals surface area contributed by atoms with E-state index in [1.807, 2.05) is 24.3 Å². The fourth-order valence-corrected chi connectivity index (χ4v) is 1.91. The number of imide groups is 1. The van der Waals surface area contributed by atoms with E-state index in [9.17, 15) is 9.59 Å². The van der Waals surface area contributed by atoms with Crippen LogP contribution in [0.4, 0.5) is 4.79 Å². The van der Waals surface area contributed by atoms with E-state index in [-0.39, 0.29) is 18.5 Å². The van der Waals surface area contributed by atoms with Crippen molar-refractivity contribution in [3.8, 4) is 0 Å². The van der Waals surface area contributed by atoms with Crippen molar-refractivity contribution in [2.24, 2.45) is 5.73 Å². The van der Waals surface area contributed by atoms with Crippen LogP contribution < -0.4 is 5.73 Å². The highest BCUT2D eigenvalue weighted by atomic mass is 16.2. The molecule has 0 aromatic heterocycles. The topological polar surface area (TPSA) is 66.6 Å². The summed E-state index contributed by atoms with van der Waals surface area (Å²) in [6.45, 7) is 0.862. The summed E-state index contributed by atoms with van der Waals surface area (Å²) in [6, 6.07) is 7.32. The van der Waals surface area contributed by atoms with Crippen molar-refractivity contribution in [1.29, 1.82) is 0 Å². The van der Waals surface area contributed by atoms with Crippen LogP contribution in [0, 0.1) is 0 Å². The van der Waals surface area contributed by atoms with Crippen LogP contribution in [-0.4, -0.2) is 35.3 Å². The number of rotatable bonds is 3. The predicted octanol–water partition coefficient (Wildman–Crippen LogP) is 0.539. The Labute approximate surface area is 99.8 Å². The van der Waals surface area contributed by atoms with Crippen LogP contribution in [0.3, 0.4) is 0 Å². The minimum absolute atomic E-state index is 0.156. The van der Waals surface area contributed by atoms with Crippen LogP contribution in [0.2, 0.25) is 0 Å². The van der Waals surface area contributed by atoms with Crippen molar-refractivity contribution in [2.75, 3.05) is 13.6 Å². The third-order valence-electron chi connectivity index (χ3n) is 2.90. The van der Waals surface area contributed by atoms with Crippen LogP contribution in [-0.2, 0) is 17.9 Å². The highest BCUT2D eigenvalue weighted by Crippen LogP contribution is 2.16. The fraction of sp³-hybridized carbons (Fsp3) is 0.333. The molecule has 1 aliphatic rings. The van der Waals surface area contributed by atoms with Gasteiger partial charge in [-0.05, 0) is 11.1 Å². The number of benzene rings is 1. The Morgan fingerprint density at radius 2 is 1.88 bits per heavy atom. The van der Waals surface area contributed by atoms with Crippen LogP contribution in [0.5, 0.6) is 0 Å². The molecule has 0 spiro atoms. The van der Waals surface area contributed by atoms with E-state index < -0.39 is 0 Å². The Kier molecular flexibility index (Phi) is 3.10. The summed E-state index contributed by atoms with van der Waals surface area (Å²) in [7, 11) is 1.62. The lowest BCUT2D eigenvalue weighted by atomic mass is 10.1. The van der Waals surface area contributed by atoms with Crippen molar-refractivity contribution in [3.05, 3.63) is 35.4 Å². The third-order valence-corrected chi connectivity index (χ3v) is 2.90. The van der Waals surface area contributed by atoms with Crippen LogP contribution in [0.15, 0.2) is 24.3 Å². The summed E-state index contributed by atoms with van der Waals surface area (Å²) in [6.07, 6.45) is 0. The summed E-state index contributed by atoms with van der Waals surface area (Å²) in [5.74, 6) is -0.163. The largest absolute Gasteiger partial charge is 0.327 e. The molecule has 0 bridgehead atoms. The molecule has 5 nitrogen and oxygen atoms in total. The number of hydrogen-bond acceptors (Lipinski definition) is 3. The Morgan fingerprint density at radius 1 is 1.24 bits per heavy atom. The first kappa shape index (κ1) is 11.6. The molecule has 2 rings (SSSR count). The number of carbonyl (C=O) groups is 2. The average Bonchev–Trinajstić information content (AvgIpc) is 2.57. The Hall–Kier alpha value is -1.88. The molecular weight excluding hydrogens is 218 g/mol. The molecule has 1 aromatic rings. The number of likely N-dealkylation sites (N-methyl/N-ethyl adjacent to an activating group) is 1. The van der Waals surface area contributed by atoms with Gasteiger partial charge in [-0.2, -0.15) is 0 Å². The SMILES string of the molecule is CN1CC(=O)N(Cc2ccccc2CN)C1=O. The molecule has 0 radical (unpaired) electrons. The highest BCUT2D eigenvalue weighted by Gasteiger charge is 2.33. The molecule has 1 aliphatic heterocycles. The molecule has 1 aromatic carbocycles. The second kappa shape index (κ2) is 4.55. The fourth-order valence-electron chi connectivity index (χ4n) is 1.91. The van der Waals surface area contributed by atoms with E-state index in [1.165, 1.54) is 9.80 Å². The van der Waals surface area contributed by atoms with Gasteiger partial charge in [-0.15, -0.1) is 0 Å². The lowest BCUT2D eigenvalue weighted by Gasteiger charge is -2.16. The summed E-state index contributed by atoms with van der Waals surface area (Å²) in [4.78, 5) is 26.0. The van der Waals surface area contributed by atoms with Crippen molar-refractivity contribution in [2.45, 2.75) is 13.1 Å². The van der Waals surface area contributed by atoms with Gasteiger partial charge in [0, 0.05) is 13.6 Å². The molecule has 0 unspecified atom stereocenters. The van der Waals surface area contributed by atoms with E-state index in [2.05, 4.69) is 0 Å². The number of nitrogens with zero attached hydrogens (tertiary/aromatic N) is 2.